The van der Waals surface area contributed by atoms with E-state index >= 15 is 0 Å². The first kappa shape index (κ1) is 15.8. The quantitative estimate of drug-likeness (QED) is 0.519. The van der Waals surface area contributed by atoms with E-state index in [-0.39, 0.29) is 5.91 Å². The standard InChI is InChI=1S/C14H20N2O4/c1-9(14(18)19)4-3-7-16-13(17)11-6-5-10(20-2)8-12(11)15/h5-6,8-9H,3-4,7,15H2,1-2H3,(H,16,17)(H,18,19). The number of nitrogens with two attached hydrogens (primary N) is 1. The summed E-state index contributed by atoms with van der Waals surface area (Å²) in [5.74, 6) is -0.906. The van der Waals surface area contributed by atoms with Crippen LogP contribution in [0.3, 0.4) is 0 Å². The number of hydrogen-bond donors (Lipinski definition) is 3. The largest absolute Gasteiger partial charge is 0.497 e. The number of nitrogens with one attached hydrogen (secondary N) is 1. The summed E-state index contributed by atoms with van der Waals surface area (Å²) in [6.07, 6.45) is 1.13. The van der Waals surface area contributed by atoms with Crippen LogP contribution in [0.15, 0.2) is 18.2 Å². The molecular weight excluding hydrogens is 260 g/mol. The van der Waals surface area contributed by atoms with Crippen molar-refractivity contribution in [2.75, 3.05) is 19.4 Å². The van der Waals surface area contributed by atoms with E-state index in [1.165, 1.54) is 7.11 Å². The molecule has 6 heteroatoms. The van der Waals surface area contributed by atoms with Crippen molar-refractivity contribution in [2.24, 2.45) is 5.92 Å². The number of hydrogen-bond acceptors (Lipinski definition) is 4. The van der Waals surface area contributed by atoms with E-state index < -0.39 is 11.9 Å². The number of carbonyl (C=O) groups excluding carboxylic acids is 1. The highest BCUT2D eigenvalue weighted by Gasteiger charge is 2.12. The van der Waals surface area contributed by atoms with Crippen LogP contribution in [0.2, 0.25) is 0 Å². The SMILES string of the molecule is COc1ccc(C(=O)NCCCC(C)C(=O)O)c(N)c1. The van der Waals surface area contributed by atoms with Crippen LogP contribution in [-0.2, 0) is 4.79 Å². The number of carbonyl (C=O) groups is 2. The lowest BCUT2D eigenvalue weighted by Crippen LogP contribution is -2.26. The third-order valence-corrected chi connectivity index (χ3v) is 3.02. The maximum Gasteiger partial charge on any atom is 0.306 e. The maximum atomic E-state index is 11.9. The smallest absolute Gasteiger partial charge is 0.306 e. The van der Waals surface area contributed by atoms with Gasteiger partial charge in [-0.15, -0.1) is 0 Å². The normalized spacial score (nSPS) is 11.7. The highest BCUT2D eigenvalue weighted by atomic mass is 16.5. The highest BCUT2D eigenvalue weighted by molar-refractivity contribution is 5.99. The second kappa shape index (κ2) is 7.37. The Balaban J connectivity index is 2.45. The summed E-state index contributed by atoms with van der Waals surface area (Å²) in [4.78, 5) is 22.5. The number of rotatable bonds is 7. The van der Waals surface area contributed by atoms with Crippen molar-refractivity contribution in [1.82, 2.24) is 5.32 Å². The van der Waals surface area contributed by atoms with Crippen LogP contribution in [-0.4, -0.2) is 30.6 Å². The van der Waals surface area contributed by atoms with E-state index in [0.29, 0.717) is 36.4 Å². The summed E-state index contributed by atoms with van der Waals surface area (Å²) in [7, 11) is 1.53. The molecule has 1 unspecified atom stereocenters. The van der Waals surface area contributed by atoms with Gasteiger partial charge in [-0.25, -0.2) is 0 Å². The van der Waals surface area contributed by atoms with Gasteiger partial charge in [-0.05, 0) is 25.0 Å². The van der Waals surface area contributed by atoms with Crippen LogP contribution in [0.4, 0.5) is 5.69 Å². The molecular formula is C14H20N2O4. The van der Waals surface area contributed by atoms with E-state index in [1.807, 2.05) is 0 Å². The molecule has 20 heavy (non-hydrogen) atoms. The molecule has 0 spiro atoms. The number of aliphatic carboxylic acids is 1. The molecule has 0 saturated carbocycles. The van der Waals surface area contributed by atoms with E-state index in [0.717, 1.165) is 0 Å². The predicted octanol–water partition coefficient (Wildman–Crippen LogP) is 1.51. The van der Waals surface area contributed by atoms with Crippen molar-refractivity contribution in [1.29, 1.82) is 0 Å². The number of methoxy groups -OCH3 is 1. The van der Waals surface area contributed by atoms with Crippen molar-refractivity contribution in [3.8, 4) is 5.75 Å². The minimum atomic E-state index is -0.823. The average Bonchev–Trinajstić information content (AvgIpc) is 2.42. The summed E-state index contributed by atoms with van der Waals surface area (Å²) in [5.41, 5.74) is 6.51. The zero-order valence-electron chi connectivity index (χ0n) is 11.7. The summed E-state index contributed by atoms with van der Waals surface area (Å²) >= 11 is 0. The second-order valence-electron chi connectivity index (χ2n) is 4.59. The van der Waals surface area contributed by atoms with Gasteiger partial charge in [0.25, 0.3) is 5.91 Å². The molecule has 0 saturated heterocycles. The number of nitrogen functional groups attached to an aromatic ring is 1. The molecule has 4 N–H and O–H groups in total. The highest BCUT2D eigenvalue weighted by Crippen LogP contribution is 2.19. The Labute approximate surface area is 117 Å². The first-order chi connectivity index (χ1) is 9.45. The van der Waals surface area contributed by atoms with Gasteiger partial charge in [-0.3, -0.25) is 9.59 Å². The summed E-state index contributed by atoms with van der Waals surface area (Å²) in [6.45, 7) is 2.06. The molecule has 110 valence electrons. The lowest BCUT2D eigenvalue weighted by atomic mass is 10.1. The van der Waals surface area contributed by atoms with Crippen molar-refractivity contribution >= 4 is 17.6 Å². The molecule has 1 amide bonds. The zero-order valence-corrected chi connectivity index (χ0v) is 11.7. The van der Waals surface area contributed by atoms with Crippen LogP contribution in [0.1, 0.15) is 30.1 Å². The first-order valence-electron chi connectivity index (χ1n) is 6.40. The lowest BCUT2D eigenvalue weighted by Gasteiger charge is -2.10. The fourth-order valence-corrected chi connectivity index (χ4v) is 1.70. The molecule has 0 aliphatic heterocycles. The van der Waals surface area contributed by atoms with Gasteiger partial charge in [-0.2, -0.15) is 0 Å². The van der Waals surface area contributed by atoms with E-state index in [2.05, 4.69) is 5.32 Å². The molecule has 0 radical (unpaired) electrons. The topological polar surface area (TPSA) is 102 Å². The molecule has 0 aliphatic rings. The van der Waals surface area contributed by atoms with Crippen LogP contribution in [0, 0.1) is 5.92 Å². The number of anilines is 1. The molecule has 0 heterocycles. The Hall–Kier alpha value is -2.24. The third kappa shape index (κ3) is 4.46. The maximum absolute atomic E-state index is 11.9. The fraction of sp³-hybridized carbons (Fsp3) is 0.429. The Morgan fingerprint density at radius 2 is 2.15 bits per heavy atom. The Kier molecular flexibility index (Phi) is 5.83. The number of carboxylic acids is 1. The summed E-state index contributed by atoms with van der Waals surface area (Å²) in [6, 6.07) is 4.85. The molecule has 0 fully saturated rings. The van der Waals surface area contributed by atoms with Gasteiger partial charge in [0, 0.05) is 18.3 Å². The van der Waals surface area contributed by atoms with Crippen molar-refractivity contribution < 1.29 is 19.4 Å². The van der Waals surface area contributed by atoms with Crippen LogP contribution in [0.25, 0.3) is 0 Å². The van der Waals surface area contributed by atoms with Gasteiger partial charge < -0.3 is 20.9 Å². The Morgan fingerprint density at radius 3 is 2.70 bits per heavy atom. The van der Waals surface area contributed by atoms with Gasteiger partial charge in [-0.1, -0.05) is 6.92 Å². The average molecular weight is 280 g/mol. The molecule has 1 aromatic carbocycles. The number of benzene rings is 1. The van der Waals surface area contributed by atoms with Crippen molar-refractivity contribution in [3.05, 3.63) is 23.8 Å². The molecule has 0 aromatic heterocycles. The third-order valence-electron chi connectivity index (χ3n) is 3.02. The first-order valence-corrected chi connectivity index (χ1v) is 6.40. The fourth-order valence-electron chi connectivity index (χ4n) is 1.70. The van der Waals surface area contributed by atoms with Crippen LogP contribution in [0.5, 0.6) is 5.75 Å². The van der Waals surface area contributed by atoms with E-state index in [1.54, 1.807) is 25.1 Å². The van der Waals surface area contributed by atoms with Gasteiger partial charge in [0.2, 0.25) is 0 Å². The molecule has 6 nitrogen and oxygen atoms in total. The number of amides is 1. The Morgan fingerprint density at radius 1 is 1.45 bits per heavy atom. The number of ether oxygens (including phenoxy) is 1. The lowest BCUT2D eigenvalue weighted by molar-refractivity contribution is -0.141. The predicted molar refractivity (Wildman–Crippen MR) is 75.8 cm³/mol. The summed E-state index contributed by atoms with van der Waals surface area (Å²) in [5, 5.41) is 11.5. The zero-order chi connectivity index (χ0) is 15.1. The molecule has 0 bridgehead atoms. The number of carboxylic acid groups (broad SMARTS) is 1. The second-order valence-corrected chi connectivity index (χ2v) is 4.59. The minimum Gasteiger partial charge on any atom is -0.497 e. The van der Waals surface area contributed by atoms with Gasteiger partial charge in [0.1, 0.15) is 5.75 Å². The van der Waals surface area contributed by atoms with Gasteiger partial charge >= 0.3 is 5.97 Å². The van der Waals surface area contributed by atoms with E-state index in [9.17, 15) is 9.59 Å². The minimum absolute atomic E-state index is 0.270. The van der Waals surface area contributed by atoms with E-state index in [4.69, 9.17) is 15.6 Å². The summed E-state index contributed by atoms with van der Waals surface area (Å²) < 4.78 is 5.01. The molecule has 0 aliphatic carbocycles. The molecule has 1 atom stereocenters. The van der Waals surface area contributed by atoms with Gasteiger partial charge in [0.05, 0.1) is 18.6 Å². The Bertz CT molecular complexity index is 488. The van der Waals surface area contributed by atoms with Crippen molar-refractivity contribution in [2.45, 2.75) is 19.8 Å². The van der Waals surface area contributed by atoms with Crippen LogP contribution < -0.4 is 15.8 Å². The molecule has 1 rings (SSSR count). The monoisotopic (exact) mass is 280 g/mol. The van der Waals surface area contributed by atoms with Gasteiger partial charge in [0.15, 0.2) is 0 Å². The molecule has 1 aromatic rings. The van der Waals surface area contributed by atoms with Crippen molar-refractivity contribution in [3.63, 3.8) is 0 Å². The van der Waals surface area contributed by atoms with Crippen LogP contribution >= 0.6 is 0 Å².